The first kappa shape index (κ1) is 20.0. The minimum atomic E-state index is -0.648. The van der Waals surface area contributed by atoms with Crippen molar-refractivity contribution in [1.29, 1.82) is 0 Å². The van der Waals surface area contributed by atoms with Gasteiger partial charge in [0.2, 0.25) is 0 Å². The number of amides is 4. The highest BCUT2D eigenvalue weighted by Crippen LogP contribution is 2.02. The zero-order valence-corrected chi connectivity index (χ0v) is 14.1. The lowest BCUT2D eigenvalue weighted by atomic mass is 10.4. The highest BCUT2D eigenvalue weighted by molar-refractivity contribution is 5.90. The molecule has 8 nitrogen and oxygen atoms in total. The molecule has 0 atom stereocenters. The van der Waals surface area contributed by atoms with E-state index in [4.69, 9.17) is 9.47 Å². The van der Waals surface area contributed by atoms with Crippen molar-refractivity contribution in [2.24, 2.45) is 0 Å². The van der Waals surface area contributed by atoms with Crippen molar-refractivity contribution in [3.05, 3.63) is 0 Å². The predicted molar refractivity (Wildman–Crippen MR) is 81.7 cm³/mol. The molecule has 0 aliphatic carbocycles. The van der Waals surface area contributed by atoms with Gasteiger partial charge in [-0.25, -0.2) is 19.3 Å². The zero-order valence-electron chi connectivity index (χ0n) is 14.1. The van der Waals surface area contributed by atoms with Gasteiger partial charge >= 0.3 is 18.2 Å². The summed E-state index contributed by atoms with van der Waals surface area (Å²) in [5, 5.41) is 0. The molecule has 0 aromatic rings. The smallest absolute Gasteiger partial charge is 0.417 e. The third-order valence-electron chi connectivity index (χ3n) is 2.93. The highest BCUT2D eigenvalue weighted by atomic mass is 16.6. The number of ether oxygens (including phenoxy) is 2. The molecule has 22 heavy (non-hydrogen) atoms. The number of rotatable bonds is 7. The molecule has 0 rings (SSSR count). The van der Waals surface area contributed by atoms with Gasteiger partial charge in [0, 0.05) is 33.7 Å². The third kappa shape index (κ3) is 6.64. The molecule has 0 aliphatic rings. The van der Waals surface area contributed by atoms with Crippen molar-refractivity contribution in [1.82, 2.24) is 14.7 Å². The second kappa shape index (κ2) is 10.7. The normalized spacial score (nSPS) is 9.86. The lowest BCUT2D eigenvalue weighted by Gasteiger charge is -2.25. The lowest BCUT2D eigenvalue weighted by molar-refractivity contribution is 0.105. The Hall–Kier alpha value is -1.99. The van der Waals surface area contributed by atoms with Crippen LogP contribution in [0.3, 0.4) is 0 Å². The van der Waals surface area contributed by atoms with E-state index in [-0.39, 0.29) is 13.2 Å². The average Bonchev–Trinajstić information content (AvgIpc) is 2.48. The molecule has 0 saturated carbocycles. The molecule has 4 amide bonds. The molecule has 0 N–H and O–H groups in total. The second-order valence-electron chi connectivity index (χ2n) is 4.62. The Morgan fingerprint density at radius 3 is 1.82 bits per heavy atom. The van der Waals surface area contributed by atoms with Gasteiger partial charge in [-0.2, -0.15) is 0 Å². The molecular weight excluding hydrogens is 290 g/mol. The van der Waals surface area contributed by atoms with Gasteiger partial charge in [0.1, 0.15) is 0 Å². The molecule has 0 radical (unpaired) electrons. The maximum absolute atomic E-state index is 12.1. The van der Waals surface area contributed by atoms with E-state index in [1.54, 1.807) is 34.9 Å². The van der Waals surface area contributed by atoms with Crippen LogP contribution in [0.15, 0.2) is 0 Å². The maximum atomic E-state index is 12.1. The van der Waals surface area contributed by atoms with Gasteiger partial charge in [-0.1, -0.05) is 0 Å². The van der Waals surface area contributed by atoms with Crippen LogP contribution in [0, 0.1) is 0 Å². The number of carbonyl (C=O) groups is 3. The van der Waals surface area contributed by atoms with Crippen LogP contribution in [0.5, 0.6) is 0 Å². The van der Waals surface area contributed by atoms with Crippen molar-refractivity contribution < 1.29 is 23.9 Å². The van der Waals surface area contributed by atoms with E-state index in [2.05, 4.69) is 0 Å². The molecular formula is C14H27N3O5. The maximum Gasteiger partial charge on any atom is 0.417 e. The van der Waals surface area contributed by atoms with Crippen LogP contribution < -0.4 is 0 Å². The fraction of sp³-hybridized carbons (Fsp3) is 0.786. The first-order chi connectivity index (χ1) is 10.4. The van der Waals surface area contributed by atoms with Crippen molar-refractivity contribution in [3.63, 3.8) is 0 Å². The Morgan fingerprint density at radius 2 is 1.32 bits per heavy atom. The van der Waals surface area contributed by atoms with Gasteiger partial charge in [0.15, 0.2) is 0 Å². The first-order valence-corrected chi connectivity index (χ1v) is 7.46. The molecule has 0 spiro atoms. The fourth-order valence-corrected chi connectivity index (χ4v) is 1.72. The summed E-state index contributed by atoms with van der Waals surface area (Å²) < 4.78 is 9.70. The van der Waals surface area contributed by atoms with E-state index in [0.717, 1.165) is 4.90 Å². The van der Waals surface area contributed by atoms with Gasteiger partial charge in [-0.15, -0.1) is 0 Å². The van der Waals surface area contributed by atoms with Crippen LogP contribution in [0.4, 0.5) is 14.4 Å². The average molecular weight is 317 g/mol. The standard InChI is InChI=1S/C14H27N3O5/c1-6-17(14(20)22-8-3)12(18)15(4)10-9-11-16(5)13(19)21-7-2/h6-11H2,1-5H3. The number of hydrogen-bond donors (Lipinski definition) is 0. The topological polar surface area (TPSA) is 79.4 Å². The van der Waals surface area contributed by atoms with Crippen molar-refractivity contribution in [2.75, 3.05) is 46.9 Å². The van der Waals surface area contributed by atoms with Crippen molar-refractivity contribution in [2.45, 2.75) is 27.2 Å². The Kier molecular flexibility index (Phi) is 9.73. The van der Waals surface area contributed by atoms with E-state index >= 15 is 0 Å². The van der Waals surface area contributed by atoms with Crippen molar-refractivity contribution in [3.8, 4) is 0 Å². The van der Waals surface area contributed by atoms with E-state index in [1.807, 2.05) is 0 Å². The molecule has 0 saturated heterocycles. The molecule has 0 unspecified atom stereocenters. The monoisotopic (exact) mass is 317 g/mol. The summed E-state index contributed by atoms with van der Waals surface area (Å²) in [6, 6.07) is -0.417. The van der Waals surface area contributed by atoms with Crippen LogP contribution in [-0.2, 0) is 9.47 Å². The number of imide groups is 1. The zero-order chi connectivity index (χ0) is 17.1. The molecule has 0 aliphatic heterocycles. The molecule has 0 aromatic carbocycles. The molecule has 128 valence electrons. The molecule has 0 fully saturated rings. The Labute approximate surface area is 131 Å². The second-order valence-corrected chi connectivity index (χ2v) is 4.62. The quantitative estimate of drug-likeness (QED) is 0.717. The fourth-order valence-electron chi connectivity index (χ4n) is 1.72. The summed E-state index contributed by atoms with van der Waals surface area (Å²) in [6.45, 7) is 6.80. The number of carbonyl (C=O) groups excluding carboxylic acids is 3. The van der Waals surface area contributed by atoms with Gasteiger partial charge in [0.05, 0.1) is 13.2 Å². The van der Waals surface area contributed by atoms with Crippen LogP contribution in [0.1, 0.15) is 27.2 Å². The summed E-state index contributed by atoms with van der Waals surface area (Å²) in [4.78, 5) is 39.1. The number of hydrogen-bond acceptors (Lipinski definition) is 5. The summed E-state index contributed by atoms with van der Waals surface area (Å²) in [5.41, 5.74) is 0. The van der Waals surface area contributed by atoms with E-state index in [0.29, 0.717) is 26.1 Å². The Balaban J connectivity index is 4.29. The minimum Gasteiger partial charge on any atom is -0.450 e. The predicted octanol–water partition coefficient (Wildman–Crippen LogP) is 1.99. The molecule has 0 heterocycles. The summed E-state index contributed by atoms with van der Waals surface area (Å²) in [7, 11) is 3.24. The number of nitrogens with zero attached hydrogens (tertiary/aromatic N) is 3. The van der Waals surface area contributed by atoms with Gasteiger partial charge < -0.3 is 19.3 Å². The molecule has 0 aromatic heterocycles. The summed E-state index contributed by atoms with van der Waals surface area (Å²) >= 11 is 0. The van der Waals surface area contributed by atoms with Gasteiger partial charge in [0.25, 0.3) is 0 Å². The highest BCUT2D eigenvalue weighted by Gasteiger charge is 2.24. The Bertz CT molecular complexity index is 375. The van der Waals surface area contributed by atoms with Crippen LogP contribution in [0.2, 0.25) is 0 Å². The Morgan fingerprint density at radius 1 is 0.818 bits per heavy atom. The molecule has 8 heteroatoms. The van der Waals surface area contributed by atoms with Gasteiger partial charge in [-0.05, 0) is 27.2 Å². The lowest BCUT2D eigenvalue weighted by Crippen LogP contribution is -2.45. The van der Waals surface area contributed by atoms with Crippen molar-refractivity contribution >= 4 is 18.2 Å². The van der Waals surface area contributed by atoms with Crippen LogP contribution >= 0.6 is 0 Å². The van der Waals surface area contributed by atoms with E-state index < -0.39 is 18.2 Å². The van der Waals surface area contributed by atoms with Gasteiger partial charge in [-0.3, -0.25) is 0 Å². The largest absolute Gasteiger partial charge is 0.450 e. The number of urea groups is 1. The van der Waals surface area contributed by atoms with Crippen LogP contribution in [-0.4, -0.2) is 79.9 Å². The molecule has 0 bridgehead atoms. The van der Waals surface area contributed by atoms with Crippen LogP contribution in [0.25, 0.3) is 0 Å². The summed E-state index contributed by atoms with van der Waals surface area (Å²) in [6.07, 6.45) is -0.457. The summed E-state index contributed by atoms with van der Waals surface area (Å²) in [5.74, 6) is 0. The SMILES string of the molecule is CCOC(=O)N(C)CCCN(C)C(=O)N(CC)C(=O)OCC. The van der Waals surface area contributed by atoms with E-state index in [9.17, 15) is 14.4 Å². The first-order valence-electron chi connectivity index (χ1n) is 7.46. The minimum absolute atomic E-state index is 0.219. The van der Waals surface area contributed by atoms with E-state index in [1.165, 1.54) is 9.80 Å². The third-order valence-corrected chi connectivity index (χ3v) is 2.93.